The number of rotatable bonds is 2. The van der Waals surface area contributed by atoms with Gasteiger partial charge >= 0.3 is 0 Å². The number of hydrogen-bond donors (Lipinski definition) is 2. The molecule has 1 aromatic carbocycles. The zero-order valence-corrected chi connectivity index (χ0v) is 10.2. The van der Waals surface area contributed by atoms with Gasteiger partial charge in [0.1, 0.15) is 0 Å². The fourth-order valence-electron chi connectivity index (χ4n) is 2.20. The summed E-state index contributed by atoms with van der Waals surface area (Å²) in [5, 5.41) is 3.37. The summed E-state index contributed by atoms with van der Waals surface area (Å²) in [6.07, 6.45) is 0. The van der Waals surface area contributed by atoms with Crippen LogP contribution in [0.4, 0.5) is 5.69 Å². The standard InChI is InChI=1S/C13H21N3/c1-10-7-11(2)13(14)8-12(10)9-16-5-3-15-4-6-16/h7-8,15H,3-6,9,14H2,1-2H3. The Hall–Kier alpha value is -1.06. The topological polar surface area (TPSA) is 41.3 Å². The van der Waals surface area contributed by atoms with Crippen molar-refractivity contribution in [3.8, 4) is 0 Å². The van der Waals surface area contributed by atoms with E-state index in [0.717, 1.165) is 38.4 Å². The maximum Gasteiger partial charge on any atom is 0.0347 e. The Labute approximate surface area is 97.6 Å². The number of nitrogen functional groups attached to an aromatic ring is 1. The summed E-state index contributed by atoms with van der Waals surface area (Å²) in [6.45, 7) is 9.72. The maximum absolute atomic E-state index is 5.96. The van der Waals surface area contributed by atoms with Gasteiger partial charge in [-0.15, -0.1) is 0 Å². The van der Waals surface area contributed by atoms with Crippen LogP contribution >= 0.6 is 0 Å². The minimum atomic E-state index is 0.913. The van der Waals surface area contributed by atoms with Gasteiger partial charge in [0.15, 0.2) is 0 Å². The van der Waals surface area contributed by atoms with Crippen LogP contribution in [-0.2, 0) is 6.54 Å². The van der Waals surface area contributed by atoms with Gasteiger partial charge < -0.3 is 11.1 Å². The van der Waals surface area contributed by atoms with Crippen molar-refractivity contribution in [1.82, 2.24) is 10.2 Å². The molecule has 3 nitrogen and oxygen atoms in total. The highest BCUT2D eigenvalue weighted by Gasteiger charge is 2.11. The highest BCUT2D eigenvalue weighted by atomic mass is 15.2. The Balaban J connectivity index is 2.11. The van der Waals surface area contributed by atoms with Gasteiger partial charge in [-0.1, -0.05) is 6.07 Å². The van der Waals surface area contributed by atoms with Crippen molar-refractivity contribution in [2.75, 3.05) is 31.9 Å². The Morgan fingerprint density at radius 3 is 2.56 bits per heavy atom. The molecule has 16 heavy (non-hydrogen) atoms. The molecule has 0 aliphatic carbocycles. The molecule has 1 fully saturated rings. The van der Waals surface area contributed by atoms with Gasteiger partial charge in [0.25, 0.3) is 0 Å². The van der Waals surface area contributed by atoms with Crippen LogP contribution in [0.25, 0.3) is 0 Å². The summed E-state index contributed by atoms with van der Waals surface area (Å²) >= 11 is 0. The third-order valence-corrected chi connectivity index (χ3v) is 3.33. The number of aryl methyl sites for hydroxylation is 2. The predicted octanol–water partition coefficient (Wildman–Crippen LogP) is 1.29. The fourth-order valence-corrected chi connectivity index (χ4v) is 2.20. The molecule has 1 saturated heterocycles. The van der Waals surface area contributed by atoms with Crippen LogP contribution < -0.4 is 11.1 Å². The summed E-state index contributed by atoms with van der Waals surface area (Å²) in [4.78, 5) is 2.48. The second-order valence-electron chi connectivity index (χ2n) is 4.66. The van der Waals surface area contributed by atoms with E-state index in [0.29, 0.717) is 0 Å². The van der Waals surface area contributed by atoms with Crippen molar-refractivity contribution in [3.05, 3.63) is 28.8 Å². The van der Waals surface area contributed by atoms with Crippen molar-refractivity contribution in [3.63, 3.8) is 0 Å². The molecule has 1 heterocycles. The highest BCUT2D eigenvalue weighted by Crippen LogP contribution is 2.19. The van der Waals surface area contributed by atoms with Gasteiger partial charge in [-0.3, -0.25) is 4.90 Å². The summed E-state index contributed by atoms with van der Waals surface area (Å²) < 4.78 is 0. The fraction of sp³-hybridized carbons (Fsp3) is 0.538. The maximum atomic E-state index is 5.96. The molecular formula is C13H21N3. The minimum absolute atomic E-state index is 0.913. The van der Waals surface area contributed by atoms with E-state index in [1.807, 2.05) is 0 Å². The first-order valence-electron chi connectivity index (χ1n) is 5.95. The molecule has 0 spiro atoms. The lowest BCUT2D eigenvalue weighted by molar-refractivity contribution is 0.233. The van der Waals surface area contributed by atoms with E-state index >= 15 is 0 Å². The predicted molar refractivity (Wildman–Crippen MR) is 68.5 cm³/mol. The lowest BCUT2D eigenvalue weighted by atomic mass is 10.0. The lowest BCUT2D eigenvalue weighted by Gasteiger charge is -2.28. The molecule has 0 atom stereocenters. The number of anilines is 1. The van der Waals surface area contributed by atoms with E-state index in [1.165, 1.54) is 16.7 Å². The lowest BCUT2D eigenvalue weighted by Crippen LogP contribution is -2.43. The normalized spacial score (nSPS) is 17.6. The van der Waals surface area contributed by atoms with Crippen molar-refractivity contribution >= 4 is 5.69 Å². The average molecular weight is 219 g/mol. The van der Waals surface area contributed by atoms with Gasteiger partial charge in [-0.05, 0) is 36.6 Å². The van der Waals surface area contributed by atoms with Crippen LogP contribution in [0, 0.1) is 13.8 Å². The molecule has 0 bridgehead atoms. The molecule has 3 N–H and O–H groups in total. The van der Waals surface area contributed by atoms with Crippen molar-refractivity contribution in [1.29, 1.82) is 0 Å². The largest absolute Gasteiger partial charge is 0.399 e. The number of hydrogen-bond acceptors (Lipinski definition) is 3. The Morgan fingerprint density at radius 1 is 1.19 bits per heavy atom. The zero-order valence-electron chi connectivity index (χ0n) is 10.2. The number of piperazine rings is 1. The molecule has 1 aliphatic rings. The number of benzene rings is 1. The van der Waals surface area contributed by atoms with E-state index in [2.05, 4.69) is 36.2 Å². The second-order valence-corrected chi connectivity index (χ2v) is 4.66. The molecule has 1 aliphatic heterocycles. The average Bonchev–Trinajstić information content (AvgIpc) is 2.27. The SMILES string of the molecule is Cc1cc(C)c(CN2CCNCC2)cc1N. The molecule has 2 rings (SSSR count). The molecule has 3 heteroatoms. The summed E-state index contributed by atoms with van der Waals surface area (Å²) in [6, 6.07) is 4.32. The molecule has 0 saturated carbocycles. The molecule has 0 amide bonds. The quantitative estimate of drug-likeness (QED) is 0.737. The van der Waals surface area contributed by atoms with E-state index < -0.39 is 0 Å². The Bertz CT molecular complexity index is 368. The van der Waals surface area contributed by atoms with Gasteiger partial charge in [0.2, 0.25) is 0 Å². The van der Waals surface area contributed by atoms with Crippen LogP contribution in [-0.4, -0.2) is 31.1 Å². The summed E-state index contributed by atoms with van der Waals surface area (Å²) in [7, 11) is 0. The molecule has 88 valence electrons. The van der Waals surface area contributed by atoms with E-state index in [-0.39, 0.29) is 0 Å². The molecule has 0 aromatic heterocycles. The molecule has 0 radical (unpaired) electrons. The van der Waals surface area contributed by atoms with E-state index in [9.17, 15) is 0 Å². The van der Waals surface area contributed by atoms with Gasteiger partial charge in [0, 0.05) is 38.4 Å². The second kappa shape index (κ2) is 4.85. The third kappa shape index (κ3) is 2.54. The smallest absolute Gasteiger partial charge is 0.0347 e. The molecule has 0 unspecified atom stereocenters. The number of nitrogens with zero attached hydrogens (tertiary/aromatic N) is 1. The van der Waals surface area contributed by atoms with Gasteiger partial charge in [-0.25, -0.2) is 0 Å². The van der Waals surface area contributed by atoms with Crippen LogP contribution in [0.2, 0.25) is 0 Å². The van der Waals surface area contributed by atoms with E-state index in [4.69, 9.17) is 5.73 Å². The van der Waals surface area contributed by atoms with Gasteiger partial charge in [0.05, 0.1) is 0 Å². The minimum Gasteiger partial charge on any atom is -0.399 e. The molecule has 1 aromatic rings. The Kier molecular flexibility index (Phi) is 3.46. The number of nitrogens with two attached hydrogens (primary N) is 1. The van der Waals surface area contributed by atoms with Crippen molar-refractivity contribution in [2.45, 2.75) is 20.4 Å². The van der Waals surface area contributed by atoms with Crippen LogP contribution in [0.3, 0.4) is 0 Å². The molecular weight excluding hydrogens is 198 g/mol. The van der Waals surface area contributed by atoms with Crippen LogP contribution in [0.5, 0.6) is 0 Å². The third-order valence-electron chi connectivity index (χ3n) is 3.33. The number of nitrogens with one attached hydrogen (secondary N) is 1. The first-order valence-corrected chi connectivity index (χ1v) is 5.95. The van der Waals surface area contributed by atoms with Crippen molar-refractivity contribution < 1.29 is 0 Å². The van der Waals surface area contributed by atoms with Crippen LogP contribution in [0.1, 0.15) is 16.7 Å². The first kappa shape index (κ1) is 11.4. The van der Waals surface area contributed by atoms with Crippen LogP contribution in [0.15, 0.2) is 12.1 Å². The van der Waals surface area contributed by atoms with Crippen molar-refractivity contribution in [2.24, 2.45) is 0 Å². The van der Waals surface area contributed by atoms with Gasteiger partial charge in [-0.2, -0.15) is 0 Å². The highest BCUT2D eigenvalue weighted by molar-refractivity contribution is 5.51. The monoisotopic (exact) mass is 219 g/mol. The first-order chi connectivity index (χ1) is 7.66. The zero-order chi connectivity index (χ0) is 11.5. The van der Waals surface area contributed by atoms with E-state index in [1.54, 1.807) is 0 Å². The summed E-state index contributed by atoms with van der Waals surface area (Å²) in [5.41, 5.74) is 10.8. The Morgan fingerprint density at radius 2 is 1.88 bits per heavy atom. The summed E-state index contributed by atoms with van der Waals surface area (Å²) in [5.74, 6) is 0.